The molecule has 2 amide bonds. The van der Waals surface area contributed by atoms with Crippen molar-refractivity contribution in [2.24, 2.45) is 0 Å². The molecule has 4 nitrogen and oxygen atoms in total. The van der Waals surface area contributed by atoms with Gasteiger partial charge in [0.15, 0.2) is 0 Å². The van der Waals surface area contributed by atoms with Crippen LogP contribution in [-0.2, 0) is 9.59 Å². The molecule has 0 aliphatic carbocycles. The van der Waals surface area contributed by atoms with Crippen LogP contribution in [-0.4, -0.2) is 35.6 Å². The van der Waals surface area contributed by atoms with Gasteiger partial charge in [-0.05, 0) is 38.5 Å². The van der Waals surface area contributed by atoms with Crippen molar-refractivity contribution in [2.75, 3.05) is 23.7 Å². The molecule has 0 saturated carbocycles. The van der Waals surface area contributed by atoms with Crippen molar-refractivity contribution in [3.05, 3.63) is 0 Å². The Bertz CT molecular complexity index is 310. The van der Waals surface area contributed by atoms with Crippen molar-refractivity contribution in [3.8, 4) is 0 Å². The van der Waals surface area contributed by atoms with Gasteiger partial charge in [-0.2, -0.15) is 0 Å². The normalized spacial score (nSPS) is 10.7. The fraction of sp³-hybridized carbons (Fsp3) is 0.900. The van der Waals surface area contributed by atoms with E-state index < -0.39 is 0 Å². The van der Waals surface area contributed by atoms with Gasteiger partial charge in [-0.3, -0.25) is 9.59 Å². The van der Waals surface area contributed by atoms with Crippen LogP contribution in [0.5, 0.6) is 0 Å². The molecular formula is C20H38Br2N2O2. The maximum absolute atomic E-state index is 11.6. The summed E-state index contributed by atoms with van der Waals surface area (Å²) in [5, 5.41) is 8.07. The fourth-order valence-electron chi connectivity index (χ4n) is 2.70. The third-order valence-corrected chi connectivity index (χ3v) is 5.44. The van der Waals surface area contributed by atoms with E-state index in [9.17, 15) is 9.59 Å². The average molecular weight is 498 g/mol. The molecule has 0 spiro atoms. The highest BCUT2D eigenvalue weighted by molar-refractivity contribution is 9.09. The van der Waals surface area contributed by atoms with Crippen LogP contribution in [0.25, 0.3) is 0 Å². The van der Waals surface area contributed by atoms with Gasteiger partial charge in [0.2, 0.25) is 11.8 Å². The minimum absolute atomic E-state index is 0.197. The summed E-state index contributed by atoms with van der Waals surface area (Å²) in [6, 6.07) is 0. The van der Waals surface area contributed by atoms with Crippen LogP contribution < -0.4 is 10.6 Å². The Morgan fingerprint density at radius 2 is 0.846 bits per heavy atom. The molecule has 0 fully saturated rings. The van der Waals surface area contributed by atoms with E-state index in [1.165, 1.54) is 25.7 Å². The van der Waals surface area contributed by atoms with Gasteiger partial charge in [-0.25, -0.2) is 0 Å². The van der Waals surface area contributed by atoms with Gasteiger partial charge in [0.25, 0.3) is 0 Å². The molecule has 0 atom stereocenters. The maximum atomic E-state index is 11.6. The Morgan fingerprint density at radius 3 is 1.23 bits per heavy atom. The number of carbonyl (C=O) groups excluding carboxylic acids is 2. The highest BCUT2D eigenvalue weighted by atomic mass is 79.9. The lowest BCUT2D eigenvalue weighted by molar-refractivity contribution is -0.122. The van der Waals surface area contributed by atoms with Gasteiger partial charge >= 0.3 is 0 Å². The largest absolute Gasteiger partial charge is 0.356 e. The lowest BCUT2D eigenvalue weighted by Crippen LogP contribution is -2.24. The predicted molar refractivity (Wildman–Crippen MR) is 118 cm³/mol. The smallest absolute Gasteiger partial charge is 0.219 e. The Labute approximate surface area is 177 Å². The third-order valence-electron chi connectivity index (χ3n) is 4.32. The monoisotopic (exact) mass is 496 g/mol. The summed E-state index contributed by atoms with van der Waals surface area (Å²) in [6.45, 7) is 1.62. The molecular weight excluding hydrogens is 460 g/mol. The topological polar surface area (TPSA) is 58.2 Å². The average Bonchev–Trinajstić information content (AvgIpc) is 2.64. The Kier molecular flexibility index (Phi) is 21.1. The highest BCUT2D eigenvalue weighted by Crippen LogP contribution is 2.06. The minimum atomic E-state index is 0.197. The number of hydrogen-bond acceptors (Lipinski definition) is 2. The van der Waals surface area contributed by atoms with Crippen molar-refractivity contribution >= 4 is 43.7 Å². The molecule has 0 radical (unpaired) electrons. The summed E-state index contributed by atoms with van der Waals surface area (Å²) < 4.78 is 0. The molecule has 0 aliphatic heterocycles. The zero-order valence-electron chi connectivity index (χ0n) is 16.3. The molecule has 0 rings (SSSR count). The van der Waals surface area contributed by atoms with E-state index in [4.69, 9.17) is 0 Å². The number of nitrogens with one attached hydrogen (secondary N) is 2. The number of alkyl halides is 2. The number of halogens is 2. The molecule has 2 N–H and O–H groups in total. The first-order valence-corrected chi connectivity index (χ1v) is 12.6. The Hall–Kier alpha value is -0.100. The number of unbranched alkanes of at least 4 members (excludes halogenated alkanes) is 9. The van der Waals surface area contributed by atoms with E-state index in [0.717, 1.165) is 75.1 Å². The highest BCUT2D eigenvalue weighted by Gasteiger charge is 2.01. The zero-order valence-corrected chi connectivity index (χ0v) is 19.5. The fourth-order valence-corrected chi connectivity index (χ4v) is 3.50. The van der Waals surface area contributed by atoms with Crippen LogP contribution in [0, 0.1) is 0 Å². The first kappa shape index (κ1) is 25.9. The van der Waals surface area contributed by atoms with Crippen molar-refractivity contribution in [1.29, 1.82) is 0 Å². The number of amides is 2. The summed E-state index contributed by atoms with van der Waals surface area (Å²) in [5.74, 6) is 0.394. The van der Waals surface area contributed by atoms with Gasteiger partial charge in [-0.15, -0.1) is 0 Å². The summed E-state index contributed by atoms with van der Waals surface area (Å²) in [4.78, 5) is 23.2. The zero-order chi connectivity index (χ0) is 19.3. The van der Waals surface area contributed by atoms with Gasteiger partial charge in [0.1, 0.15) is 0 Å². The number of rotatable bonds is 19. The summed E-state index contributed by atoms with van der Waals surface area (Å²) in [7, 11) is 0. The Balaban J connectivity index is 3.21. The summed E-state index contributed by atoms with van der Waals surface area (Å²) in [6.07, 6.45) is 14.7. The molecule has 0 heterocycles. The summed E-state index contributed by atoms with van der Waals surface area (Å²) >= 11 is 6.80. The van der Waals surface area contributed by atoms with Crippen LogP contribution >= 0.6 is 31.9 Å². The molecule has 0 aliphatic rings. The van der Waals surface area contributed by atoms with Crippen LogP contribution in [0.3, 0.4) is 0 Å². The predicted octanol–water partition coefficient (Wildman–Crippen LogP) is 5.47. The van der Waals surface area contributed by atoms with Gasteiger partial charge < -0.3 is 10.6 Å². The van der Waals surface area contributed by atoms with Crippen LogP contribution in [0.15, 0.2) is 0 Å². The van der Waals surface area contributed by atoms with E-state index in [-0.39, 0.29) is 11.8 Å². The molecule has 0 aromatic heterocycles. The standard InChI is InChI=1S/C20H38Br2N2O2/c21-15-9-5-7-13-19(25)23-17-11-3-1-2-4-12-18-24-20(26)14-8-6-10-16-22/h1-18H2,(H,23,25)(H,24,26). The van der Waals surface area contributed by atoms with Crippen molar-refractivity contribution in [1.82, 2.24) is 10.6 Å². The van der Waals surface area contributed by atoms with Crippen molar-refractivity contribution in [3.63, 3.8) is 0 Å². The Morgan fingerprint density at radius 1 is 0.500 bits per heavy atom. The number of carbonyl (C=O) groups is 2. The van der Waals surface area contributed by atoms with E-state index in [1.54, 1.807) is 0 Å². The van der Waals surface area contributed by atoms with Crippen LogP contribution in [0.4, 0.5) is 0 Å². The first-order valence-electron chi connectivity index (χ1n) is 10.4. The van der Waals surface area contributed by atoms with Gasteiger partial charge in [0, 0.05) is 36.6 Å². The second kappa shape index (κ2) is 21.2. The summed E-state index contributed by atoms with van der Waals surface area (Å²) in [5.41, 5.74) is 0. The molecule has 154 valence electrons. The van der Waals surface area contributed by atoms with Crippen molar-refractivity contribution in [2.45, 2.75) is 89.9 Å². The third kappa shape index (κ3) is 20.2. The molecule has 0 bridgehead atoms. The minimum Gasteiger partial charge on any atom is -0.356 e. The maximum Gasteiger partial charge on any atom is 0.219 e. The lowest BCUT2D eigenvalue weighted by Gasteiger charge is -2.06. The van der Waals surface area contributed by atoms with Crippen LogP contribution in [0.2, 0.25) is 0 Å². The lowest BCUT2D eigenvalue weighted by atomic mass is 10.1. The van der Waals surface area contributed by atoms with Gasteiger partial charge in [-0.1, -0.05) is 70.4 Å². The molecule has 0 unspecified atom stereocenters. The number of hydrogen-bond donors (Lipinski definition) is 2. The SMILES string of the molecule is O=C(CCCCCBr)NCCCCCCCCNC(=O)CCCCCBr. The van der Waals surface area contributed by atoms with Crippen LogP contribution in [0.1, 0.15) is 89.9 Å². The van der Waals surface area contributed by atoms with E-state index in [1.807, 2.05) is 0 Å². The van der Waals surface area contributed by atoms with E-state index in [2.05, 4.69) is 42.5 Å². The van der Waals surface area contributed by atoms with E-state index >= 15 is 0 Å². The second-order valence-electron chi connectivity index (χ2n) is 6.82. The quantitative estimate of drug-likeness (QED) is 0.183. The molecule has 6 heteroatoms. The van der Waals surface area contributed by atoms with E-state index in [0.29, 0.717) is 12.8 Å². The van der Waals surface area contributed by atoms with Crippen molar-refractivity contribution < 1.29 is 9.59 Å². The first-order chi connectivity index (χ1) is 12.7. The molecule has 0 aromatic carbocycles. The van der Waals surface area contributed by atoms with Gasteiger partial charge in [0.05, 0.1) is 0 Å². The molecule has 0 saturated heterocycles. The molecule has 0 aromatic rings. The molecule has 26 heavy (non-hydrogen) atoms. The second-order valence-corrected chi connectivity index (χ2v) is 8.41.